The molecule has 10 bridgehead atoms. The van der Waals surface area contributed by atoms with E-state index in [0.717, 1.165) is 193 Å². The monoisotopic (exact) mass is 2010 g/mol. The molecule has 21 fully saturated rings. The van der Waals surface area contributed by atoms with Crippen molar-refractivity contribution in [2.45, 2.75) is 625 Å². The molecule has 20 aliphatic carbocycles. The van der Waals surface area contributed by atoms with Crippen molar-refractivity contribution in [2.24, 2.45) is 142 Å². The van der Waals surface area contributed by atoms with Crippen molar-refractivity contribution in [3.05, 3.63) is 29.8 Å². The van der Waals surface area contributed by atoms with Gasteiger partial charge in [-0.15, -0.1) is 0 Å². The Morgan fingerprint density at radius 2 is 0.674 bits per heavy atom. The van der Waals surface area contributed by atoms with Crippen LogP contribution in [0.25, 0.3) is 0 Å². The molecule has 0 N–H and O–H groups in total. The average Bonchev–Trinajstić information content (AvgIpc) is 1.59. The molecule has 10 heteroatoms. The summed E-state index contributed by atoms with van der Waals surface area (Å²) in [5, 5.41) is 0. The van der Waals surface area contributed by atoms with Gasteiger partial charge < -0.3 is 47.4 Å². The smallest absolute Gasteiger partial charge is 0.119 e. The second kappa shape index (κ2) is 65.0. The molecular formula is C134H236O10. The summed E-state index contributed by atoms with van der Waals surface area (Å²) in [6.07, 6.45) is 109. The van der Waals surface area contributed by atoms with E-state index in [9.17, 15) is 0 Å². The molecule has 22 atom stereocenters. The maximum atomic E-state index is 6.56. The van der Waals surface area contributed by atoms with Crippen molar-refractivity contribution in [2.75, 3.05) is 46.8 Å². The van der Waals surface area contributed by atoms with Crippen LogP contribution in [0.15, 0.2) is 24.3 Å². The van der Waals surface area contributed by atoms with Crippen LogP contribution in [0, 0.1) is 142 Å². The number of methoxy groups -OCH3 is 1. The first-order chi connectivity index (χ1) is 70.2. The second-order valence-electron chi connectivity index (χ2n) is 55.2. The Morgan fingerprint density at radius 1 is 0.264 bits per heavy atom. The zero-order valence-electron chi connectivity index (χ0n) is 96.9. The third-order valence-corrected chi connectivity index (χ3v) is 42.7. The summed E-state index contributed by atoms with van der Waals surface area (Å²) < 4.78 is 59.2. The van der Waals surface area contributed by atoms with Gasteiger partial charge in [-0.3, -0.25) is 0 Å². The largest absolute Gasteiger partial charge is 0.491 e. The molecule has 1 aromatic carbocycles. The van der Waals surface area contributed by atoms with E-state index in [1.807, 2.05) is 7.11 Å². The fourth-order valence-electron chi connectivity index (χ4n) is 35.8. The fourth-order valence-corrected chi connectivity index (χ4v) is 35.8. The SMILES string of the molecule is CC(C)OC(C)CC1CCCCC1.CC(C)OC(C)CC1CCCCC1.CC(CC1C2CC3CC(C2)CC1C3)OCCC1CCCCC1.CC(CC1CC2CCC1C2)OCCC1CCCCC1.CC(CC1CCC2CCCCC2C1)OCCOc1ccc(C2CCCCC2)cc1.CC(CC1CCCCC1)OC1CC2CC1C1CCCC21.CC(CC1CCCCC1)OC1CCOCC1.COC(C)CC1CC2CCC1C2. The highest BCUT2D eigenvalue weighted by Crippen LogP contribution is 2.61. The summed E-state index contributed by atoms with van der Waals surface area (Å²) in [5.41, 5.74) is 1.50. The van der Waals surface area contributed by atoms with Crippen LogP contribution in [0.4, 0.5) is 0 Å². The maximum absolute atomic E-state index is 6.56. The molecule has 832 valence electrons. The van der Waals surface area contributed by atoms with Crippen molar-refractivity contribution in [1.29, 1.82) is 0 Å². The maximum Gasteiger partial charge on any atom is 0.119 e. The number of rotatable bonds is 39. The summed E-state index contributed by atoms with van der Waals surface area (Å²) in [6, 6.07) is 8.85. The number of fused-ring (bicyclic) bond motifs is 10. The number of benzene rings is 1. The lowest BCUT2D eigenvalue weighted by Crippen LogP contribution is -2.46. The molecule has 10 nitrogen and oxygen atoms in total. The minimum atomic E-state index is 0.359. The van der Waals surface area contributed by atoms with Gasteiger partial charge in [0, 0.05) is 33.5 Å². The fraction of sp³-hybridized carbons (Fsp3) is 0.955. The van der Waals surface area contributed by atoms with Crippen molar-refractivity contribution >= 4 is 0 Å². The molecule has 0 amide bonds. The highest BCUT2D eigenvalue weighted by atomic mass is 16.5. The van der Waals surface area contributed by atoms with E-state index >= 15 is 0 Å². The summed E-state index contributed by atoms with van der Waals surface area (Å²) in [6.45, 7) is 31.8. The Morgan fingerprint density at radius 3 is 1.15 bits per heavy atom. The third-order valence-electron chi connectivity index (χ3n) is 42.7. The first kappa shape index (κ1) is 118. The van der Waals surface area contributed by atoms with Gasteiger partial charge in [0.05, 0.1) is 79.9 Å². The molecular weight excluding hydrogens is 1770 g/mol. The van der Waals surface area contributed by atoms with Gasteiger partial charge >= 0.3 is 0 Å². The van der Waals surface area contributed by atoms with Gasteiger partial charge in [-0.05, 0) is 448 Å². The van der Waals surface area contributed by atoms with Gasteiger partial charge in [0.2, 0.25) is 0 Å². The summed E-state index contributed by atoms with van der Waals surface area (Å²) in [7, 11) is 1.83. The first-order valence-electron chi connectivity index (χ1n) is 65.5. The van der Waals surface area contributed by atoms with Crippen LogP contribution in [-0.4, -0.2) is 120 Å². The molecule has 21 aliphatic rings. The molecule has 1 aliphatic heterocycles. The van der Waals surface area contributed by atoms with Crippen molar-refractivity contribution in [3.8, 4) is 5.75 Å². The van der Waals surface area contributed by atoms with Gasteiger partial charge in [-0.1, -0.05) is 275 Å². The summed E-state index contributed by atoms with van der Waals surface area (Å²) in [4.78, 5) is 0. The highest BCUT2D eigenvalue weighted by Gasteiger charge is 2.55. The van der Waals surface area contributed by atoms with Gasteiger partial charge in [0.1, 0.15) is 12.4 Å². The standard InChI is InChI=1S/C27H42O2.C21H36O.C19H32O.C18H32O.C14H26O2.2C12H24O.C11H20O/c1-21(19-22-11-12-24-9-5-6-10-26(24)20-22)28-17-18-29-27-15-13-25(14-16-27)23-7-3-2-4-8-23;1-15(22-8-7-16-5-3-2-4-6-16)9-21-19-11-17-10-18(13-19)14-20(21)12-17;1-13(10-14-6-3-2-4-7-14)20-19-12-15-11-18(19)17-9-5-8-16(15)17;1-14(11-18-13-16-7-8-17(18)12-16)19-10-9-15-5-3-2-4-6-15;1-12(11-13-5-3-2-4-6-13)16-14-7-9-15-10-8-14;2*1-10(2)13-11(3)9-12-7-5-4-6-8-12;1-8(12-2)5-11-7-9-3-4-10(11)6-9/h13-16,21-24,26H,2-12,17-20H2,1H3;15-21H,2-14H2,1H3;13-19H,2-12H2,1H3;14-18H,2-13H2,1H3;12-14H,2-11H2,1H3;2*10-12H,4-9H2,1-3H3;8-11H,3-7H2,1-2H3. The van der Waals surface area contributed by atoms with Gasteiger partial charge in [0.25, 0.3) is 0 Å². The van der Waals surface area contributed by atoms with Crippen LogP contribution < -0.4 is 4.74 Å². The summed E-state index contributed by atoms with van der Waals surface area (Å²) >= 11 is 0. The number of ether oxygens (including phenoxy) is 10. The Kier molecular flexibility index (Phi) is 53.3. The average molecular weight is 2010 g/mol. The van der Waals surface area contributed by atoms with Crippen molar-refractivity contribution in [3.63, 3.8) is 0 Å². The molecule has 0 aromatic heterocycles. The Hall–Kier alpha value is -1.34. The molecule has 22 unspecified atom stereocenters. The molecule has 22 rings (SSSR count). The van der Waals surface area contributed by atoms with Crippen LogP contribution >= 0.6 is 0 Å². The minimum absolute atomic E-state index is 0.359. The lowest BCUT2D eigenvalue weighted by Gasteiger charge is -2.55. The lowest BCUT2D eigenvalue weighted by molar-refractivity contribution is -0.0694. The Bertz CT molecular complexity index is 3320. The van der Waals surface area contributed by atoms with Gasteiger partial charge in [-0.2, -0.15) is 0 Å². The molecule has 0 spiro atoms. The Balaban J connectivity index is 0.000000133. The van der Waals surface area contributed by atoms with Crippen molar-refractivity contribution < 1.29 is 47.4 Å². The third kappa shape index (κ3) is 41.3. The molecule has 0 radical (unpaired) electrons. The van der Waals surface area contributed by atoms with Crippen molar-refractivity contribution in [1.82, 2.24) is 0 Å². The molecule has 1 aromatic rings. The van der Waals surface area contributed by atoms with E-state index in [4.69, 9.17) is 47.4 Å². The number of hydrogen-bond acceptors (Lipinski definition) is 10. The van der Waals surface area contributed by atoms with Gasteiger partial charge in [0.15, 0.2) is 0 Å². The summed E-state index contributed by atoms with van der Waals surface area (Å²) in [5.74, 6) is 26.3. The van der Waals surface area contributed by atoms with Crippen LogP contribution in [0.3, 0.4) is 0 Å². The number of hydrogen-bond donors (Lipinski definition) is 0. The topological polar surface area (TPSA) is 92.3 Å². The van der Waals surface area contributed by atoms with E-state index in [2.05, 4.69) is 107 Å². The van der Waals surface area contributed by atoms with Crippen LogP contribution in [0.1, 0.15) is 557 Å². The molecule has 144 heavy (non-hydrogen) atoms. The van der Waals surface area contributed by atoms with Crippen LogP contribution in [-0.2, 0) is 42.6 Å². The minimum Gasteiger partial charge on any atom is -0.491 e. The zero-order valence-corrected chi connectivity index (χ0v) is 96.9. The van der Waals surface area contributed by atoms with E-state index in [-0.39, 0.29) is 0 Å². The second-order valence-corrected chi connectivity index (χ2v) is 55.2. The predicted octanol–water partition coefficient (Wildman–Crippen LogP) is 37.6. The van der Waals surface area contributed by atoms with Crippen LogP contribution in [0.5, 0.6) is 5.75 Å². The van der Waals surface area contributed by atoms with E-state index < -0.39 is 0 Å². The normalized spacial score (nSPS) is 34.1. The van der Waals surface area contributed by atoms with E-state index in [1.54, 1.807) is 38.5 Å². The predicted molar refractivity (Wildman–Crippen MR) is 604 cm³/mol. The van der Waals surface area contributed by atoms with E-state index in [1.165, 1.54) is 416 Å². The molecule has 1 saturated heterocycles. The quantitative estimate of drug-likeness (QED) is 0.0594. The van der Waals surface area contributed by atoms with E-state index in [0.29, 0.717) is 86.5 Å². The molecule has 20 saturated carbocycles. The first-order valence-corrected chi connectivity index (χ1v) is 65.5. The lowest BCUT2D eigenvalue weighted by atomic mass is 9.51. The highest BCUT2D eigenvalue weighted by molar-refractivity contribution is 5.30. The van der Waals surface area contributed by atoms with Gasteiger partial charge in [-0.25, -0.2) is 0 Å². The Labute approximate surface area is 890 Å². The molecule has 1 heterocycles. The van der Waals surface area contributed by atoms with Crippen LogP contribution in [0.2, 0.25) is 0 Å². The zero-order chi connectivity index (χ0) is 101.